The van der Waals surface area contributed by atoms with Gasteiger partial charge < -0.3 is 4.90 Å². The van der Waals surface area contributed by atoms with Crippen LogP contribution in [0.15, 0.2) is 54.7 Å². The van der Waals surface area contributed by atoms with Crippen molar-refractivity contribution in [3.05, 3.63) is 76.0 Å². The van der Waals surface area contributed by atoms with Crippen molar-refractivity contribution in [2.75, 3.05) is 19.0 Å². The van der Waals surface area contributed by atoms with Crippen LogP contribution >= 0.6 is 0 Å². The van der Waals surface area contributed by atoms with Crippen molar-refractivity contribution >= 4 is 34.4 Å². The molecule has 120 valence electrons. The molecule has 1 heterocycles. The maximum atomic E-state index is 11.3. The maximum absolute atomic E-state index is 11.3. The van der Waals surface area contributed by atoms with E-state index in [0.29, 0.717) is 5.69 Å². The summed E-state index contributed by atoms with van der Waals surface area (Å²) < 4.78 is 0. The average Bonchev–Trinajstić information content (AvgIpc) is 2.59. The minimum Gasteiger partial charge on any atom is -0.372 e. The molecule has 0 spiro atoms. The van der Waals surface area contributed by atoms with E-state index in [1.54, 1.807) is 37.3 Å². The van der Waals surface area contributed by atoms with E-state index in [2.05, 4.69) is 4.98 Å². The van der Waals surface area contributed by atoms with Gasteiger partial charge in [-0.25, -0.2) is 0 Å². The molecule has 24 heavy (non-hydrogen) atoms. The van der Waals surface area contributed by atoms with E-state index < -0.39 is 0 Å². The van der Waals surface area contributed by atoms with E-state index in [1.165, 1.54) is 0 Å². The second-order valence-corrected chi connectivity index (χ2v) is 5.65. The Kier molecular flexibility index (Phi) is 4.24. The van der Waals surface area contributed by atoms with Crippen LogP contribution in [0.4, 0.5) is 11.4 Å². The number of rotatable bonds is 4. The zero-order valence-electron chi connectivity index (χ0n) is 13.5. The summed E-state index contributed by atoms with van der Waals surface area (Å²) >= 11 is 0. The van der Waals surface area contributed by atoms with Crippen LogP contribution in [0.1, 0.15) is 11.1 Å². The third kappa shape index (κ3) is 3.10. The van der Waals surface area contributed by atoms with Crippen molar-refractivity contribution in [1.82, 2.24) is 4.98 Å². The number of nitrogens with zero attached hydrogens (tertiary/aromatic N) is 3. The summed E-state index contributed by atoms with van der Waals surface area (Å²) in [5.41, 5.74) is 3.43. The van der Waals surface area contributed by atoms with E-state index in [4.69, 9.17) is 0 Å². The zero-order valence-corrected chi connectivity index (χ0v) is 13.5. The Hall–Kier alpha value is -3.21. The minimum atomic E-state index is -0.353. The molecule has 0 atom stereocenters. The van der Waals surface area contributed by atoms with Gasteiger partial charge in [-0.3, -0.25) is 15.1 Å². The Morgan fingerprint density at radius 3 is 2.62 bits per heavy atom. The third-order valence-electron chi connectivity index (χ3n) is 3.82. The lowest BCUT2D eigenvalue weighted by Crippen LogP contribution is -2.10. The van der Waals surface area contributed by atoms with Crippen LogP contribution < -0.4 is 4.90 Å². The lowest BCUT2D eigenvalue weighted by molar-refractivity contribution is -0.384. The summed E-state index contributed by atoms with van der Waals surface area (Å²) in [6.07, 6.45) is 5.60. The second kappa shape index (κ2) is 6.50. The molecule has 0 saturated carbocycles. The molecule has 3 aromatic rings. The summed E-state index contributed by atoms with van der Waals surface area (Å²) in [6.45, 7) is 0. The molecular formula is C19H17N3O2. The normalized spacial score (nSPS) is 11.1. The first-order valence-electron chi connectivity index (χ1n) is 7.54. The lowest BCUT2D eigenvalue weighted by atomic mass is 10.1. The Morgan fingerprint density at radius 2 is 1.88 bits per heavy atom. The van der Waals surface area contributed by atoms with Crippen molar-refractivity contribution < 1.29 is 4.92 Å². The first kappa shape index (κ1) is 15.7. The summed E-state index contributed by atoms with van der Waals surface area (Å²) in [7, 11) is 3.59. The molecule has 0 aliphatic carbocycles. The number of nitro groups is 1. The maximum Gasteiger partial charge on any atom is 0.293 e. The highest BCUT2D eigenvalue weighted by Crippen LogP contribution is 2.28. The summed E-state index contributed by atoms with van der Waals surface area (Å²) in [5.74, 6) is 0. The fraction of sp³-hybridized carbons (Fsp3) is 0.105. The van der Waals surface area contributed by atoms with E-state index in [0.717, 1.165) is 22.0 Å². The van der Waals surface area contributed by atoms with Crippen LogP contribution in [0.2, 0.25) is 0 Å². The predicted molar refractivity (Wildman–Crippen MR) is 98.1 cm³/mol. The van der Waals surface area contributed by atoms with Crippen molar-refractivity contribution in [3.63, 3.8) is 0 Å². The Morgan fingerprint density at radius 1 is 1.08 bits per heavy atom. The quantitative estimate of drug-likeness (QED) is 0.529. The molecule has 2 aromatic carbocycles. The predicted octanol–water partition coefficient (Wildman–Crippen LogP) is 4.38. The van der Waals surface area contributed by atoms with Gasteiger partial charge in [-0.15, -0.1) is 0 Å². The Balaban J connectivity index is 2.00. The molecule has 0 aliphatic heterocycles. The largest absolute Gasteiger partial charge is 0.372 e. The summed E-state index contributed by atoms with van der Waals surface area (Å²) in [6, 6.07) is 15.1. The van der Waals surface area contributed by atoms with Gasteiger partial charge in [0.15, 0.2) is 0 Å². The number of benzene rings is 2. The highest BCUT2D eigenvalue weighted by Gasteiger charge is 2.15. The molecule has 0 fully saturated rings. The average molecular weight is 319 g/mol. The standard InChI is InChI=1S/C19H17N3O2/c1-21(2)18-10-8-14(13-19(18)22(23)24)7-9-15-11-12-20-17-6-4-3-5-16(15)17/h3-13H,1-2H3/b9-7+. The molecule has 0 aliphatic rings. The van der Waals surface area contributed by atoms with Crippen LogP contribution in [0, 0.1) is 10.1 Å². The molecule has 3 rings (SSSR count). The molecule has 0 unspecified atom stereocenters. The van der Waals surface area contributed by atoms with Gasteiger partial charge in [0.2, 0.25) is 0 Å². The zero-order chi connectivity index (χ0) is 17.1. The van der Waals surface area contributed by atoms with Gasteiger partial charge in [-0.1, -0.05) is 36.4 Å². The van der Waals surface area contributed by atoms with Crippen molar-refractivity contribution in [2.45, 2.75) is 0 Å². The Labute approximate surface area is 140 Å². The van der Waals surface area contributed by atoms with Crippen LogP contribution in [0.5, 0.6) is 0 Å². The minimum absolute atomic E-state index is 0.0988. The first-order chi connectivity index (χ1) is 11.6. The summed E-state index contributed by atoms with van der Waals surface area (Å²) in [4.78, 5) is 17.0. The Bertz CT molecular complexity index is 928. The van der Waals surface area contributed by atoms with Gasteiger partial charge in [0.1, 0.15) is 5.69 Å². The molecule has 5 nitrogen and oxygen atoms in total. The number of hydrogen-bond acceptors (Lipinski definition) is 4. The number of para-hydroxylation sites is 1. The van der Waals surface area contributed by atoms with Crippen molar-refractivity contribution in [1.29, 1.82) is 0 Å². The van der Waals surface area contributed by atoms with E-state index in [-0.39, 0.29) is 10.6 Å². The number of hydrogen-bond donors (Lipinski definition) is 0. The van der Waals surface area contributed by atoms with Gasteiger partial charge in [-0.2, -0.15) is 0 Å². The molecule has 1 aromatic heterocycles. The molecule has 5 heteroatoms. The number of anilines is 1. The smallest absolute Gasteiger partial charge is 0.293 e. The van der Waals surface area contributed by atoms with Crippen LogP contribution in [0.3, 0.4) is 0 Å². The number of aromatic nitrogens is 1. The molecule has 0 amide bonds. The van der Waals surface area contributed by atoms with Crippen LogP contribution in [-0.2, 0) is 0 Å². The molecular weight excluding hydrogens is 302 g/mol. The van der Waals surface area contributed by atoms with E-state index in [9.17, 15) is 10.1 Å². The third-order valence-corrected chi connectivity index (χ3v) is 3.82. The fourth-order valence-corrected chi connectivity index (χ4v) is 2.62. The molecule has 0 N–H and O–H groups in total. The highest BCUT2D eigenvalue weighted by atomic mass is 16.6. The highest BCUT2D eigenvalue weighted by molar-refractivity contribution is 5.90. The molecule has 0 bridgehead atoms. The van der Waals surface area contributed by atoms with Crippen LogP contribution in [-0.4, -0.2) is 24.0 Å². The van der Waals surface area contributed by atoms with Crippen molar-refractivity contribution in [3.8, 4) is 0 Å². The number of nitro benzene ring substituents is 1. The van der Waals surface area contributed by atoms with Crippen LogP contribution in [0.25, 0.3) is 23.1 Å². The van der Waals surface area contributed by atoms with E-state index >= 15 is 0 Å². The summed E-state index contributed by atoms with van der Waals surface area (Å²) in [5, 5.41) is 12.3. The topological polar surface area (TPSA) is 59.3 Å². The molecule has 0 radical (unpaired) electrons. The van der Waals surface area contributed by atoms with Gasteiger partial charge in [0, 0.05) is 31.7 Å². The van der Waals surface area contributed by atoms with E-state index in [1.807, 2.05) is 48.6 Å². The fourth-order valence-electron chi connectivity index (χ4n) is 2.62. The van der Waals surface area contributed by atoms with Gasteiger partial charge in [0.25, 0.3) is 5.69 Å². The lowest BCUT2D eigenvalue weighted by Gasteiger charge is -2.12. The number of fused-ring (bicyclic) bond motifs is 1. The first-order valence-corrected chi connectivity index (χ1v) is 7.54. The van der Waals surface area contributed by atoms with Crippen molar-refractivity contribution in [2.24, 2.45) is 0 Å². The second-order valence-electron chi connectivity index (χ2n) is 5.65. The van der Waals surface area contributed by atoms with Gasteiger partial charge in [0.05, 0.1) is 10.4 Å². The molecule has 0 saturated heterocycles. The van der Waals surface area contributed by atoms with Gasteiger partial charge in [-0.05, 0) is 29.3 Å². The van der Waals surface area contributed by atoms with Gasteiger partial charge >= 0.3 is 0 Å². The SMILES string of the molecule is CN(C)c1ccc(/C=C/c2ccnc3ccccc23)cc1[N+](=O)[O-]. The number of pyridine rings is 1. The monoisotopic (exact) mass is 319 g/mol.